The van der Waals surface area contributed by atoms with Gasteiger partial charge in [-0.25, -0.2) is 0 Å². The fraction of sp³-hybridized carbons (Fsp3) is 0.727. The molecule has 3 heteroatoms. The second-order valence-corrected chi connectivity index (χ2v) is 6.11. The Labute approximate surface area is 91.5 Å². The Bertz CT molecular complexity index is 377. The van der Waals surface area contributed by atoms with E-state index in [4.69, 9.17) is 4.84 Å². The Morgan fingerprint density at radius 1 is 1.43 bits per heavy atom. The monoisotopic (exact) mass is 253 g/mol. The highest BCUT2D eigenvalue weighted by atomic mass is 79.9. The number of halogens is 1. The van der Waals surface area contributed by atoms with Crippen molar-refractivity contribution in [1.82, 2.24) is 0 Å². The van der Waals surface area contributed by atoms with E-state index in [0.717, 1.165) is 6.42 Å². The Morgan fingerprint density at radius 3 is 3.21 bits per heavy atom. The molecule has 0 unspecified atom stereocenters. The molecule has 2 nitrogen and oxygen atoms in total. The van der Waals surface area contributed by atoms with E-state index in [0.29, 0.717) is 11.8 Å². The van der Waals surface area contributed by atoms with Crippen LogP contribution >= 0.6 is 15.9 Å². The Morgan fingerprint density at radius 2 is 2.29 bits per heavy atom. The normalized spacial score (nSPS) is 57.1. The van der Waals surface area contributed by atoms with Crippen molar-refractivity contribution in [2.75, 3.05) is 0 Å². The molecule has 0 aromatic heterocycles. The van der Waals surface area contributed by atoms with Gasteiger partial charge in [-0.2, -0.15) is 0 Å². The zero-order valence-corrected chi connectivity index (χ0v) is 9.46. The van der Waals surface area contributed by atoms with Gasteiger partial charge in [0.2, 0.25) is 4.51 Å². The summed E-state index contributed by atoms with van der Waals surface area (Å²) in [4.78, 5) is 5.71. The van der Waals surface area contributed by atoms with E-state index in [1.54, 1.807) is 0 Å². The highest BCUT2D eigenvalue weighted by molar-refractivity contribution is 9.10. The molecule has 0 radical (unpaired) electrons. The van der Waals surface area contributed by atoms with Crippen LogP contribution in [0.15, 0.2) is 17.3 Å². The van der Waals surface area contributed by atoms with Gasteiger partial charge in [-0.3, -0.25) is 0 Å². The minimum atomic E-state index is -0.175. The quantitative estimate of drug-likeness (QED) is 0.481. The summed E-state index contributed by atoms with van der Waals surface area (Å²) in [6.45, 7) is 0. The van der Waals surface area contributed by atoms with Crippen molar-refractivity contribution < 1.29 is 4.84 Å². The molecule has 1 aliphatic heterocycles. The standard InChI is InChI=1S/C11H12BrNO/c12-11-8-4-3-7(6-8)10(11)5-1-2-9(10)13-14-11/h3-4,7-8H,1-2,5-6H2/t7-,8+,10-,11-/m1/s1. The summed E-state index contributed by atoms with van der Waals surface area (Å²) in [6.07, 6.45) is 9.63. The highest BCUT2D eigenvalue weighted by Gasteiger charge is 2.73. The number of hydrogen-bond donors (Lipinski definition) is 0. The first-order valence-electron chi connectivity index (χ1n) is 5.40. The minimum Gasteiger partial charge on any atom is -0.376 e. The largest absolute Gasteiger partial charge is 0.376 e. The topological polar surface area (TPSA) is 21.6 Å². The molecule has 0 aromatic carbocycles. The number of oxime groups is 1. The lowest BCUT2D eigenvalue weighted by atomic mass is 9.72. The molecule has 0 saturated heterocycles. The fourth-order valence-corrected chi connectivity index (χ4v) is 5.12. The van der Waals surface area contributed by atoms with Crippen LogP contribution in [0.2, 0.25) is 0 Å². The van der Waals surface area contributed by atoms with Crippen LogP contribution in [0.25, 0.3) is 0 Å². The molecular weight excluding hydrogens is 242 g/mol. The molecule has 4 aliphatic rings. The van der Waals surface area contributed by atoms with E-state index in [1.165, 1.54) is 25.0 Å². The minimum absolute atomic E-state index is 0.175. The third-order valence-corrected chi connectivity index (χ3v) is 6.03. The molecule has 0 aromatic rings. The molecule has 2 bridgehead atoms. The van der Waals surface area contributed by atoms with Crippen LogP contribution in [-0.4, -0.2) is 10.2 Å². The first-order valence-corrected chi connectivity index (χ1v) is 6.19. The highest BCUT2D eigenvalue weighted by Crippen LogP contribution is 2.70. The Kier molecular flexibility index (Phi) is 1.19. The molecular formula is C11H12BrNO. The van der Waals surface area contributed by atoms with Gasteiger partial charge in [-0.1, -0.05) is 17.3 Å². The number of rotatable bonds is 0. The maximum absolute atomic E-state index is 5.71. The number of nitrogens with zero attached hydrogens (tertiary/aromatic N) is 1. The summed E-state index contributed by atoms with van der Waals surface area (Å²) in [5.74, 6) is 1.21. The van der Waals surface area contributed by atoms with E-state index < -0.39 is 0 Å². The first-order chi connectivity index (χ1) is 6.77. The molecule has 2 saturated carbocycles. The van der Waals surface area contributed by atoms with Gasteiger partial charge in [0.1, 0.15) is 0 Å². The molecule has 4 rings (SSSR count). The van der Waals surface area contributed by atoms with Gasteiger partial charge in [0, 0.05) is 5.92 Å². The third-order valence-electron chi connectivity index (χ3n) is 4.59. The van der Waals surface area contributed by atoms with Crippen LogP contribution in [-0.2, 0) is 4.84 Å². The van der Waals surface area contributed by atoms with Crippen molar-refractivity contribution in [2.24, 2.45) is 22.4 Å². The van der Waals surface area contributed by atoms with Gasteiger partial charge in [-0.05, 0) is 47.5 Å². The summed E-state index contributed by atoms with van der Waals surface area (Å²) in [7, 11) is 0. The van der Waals surface area contributed by atoms with Gasteiger partial charge < -0.3 is 4.84 Å². The van der Waals surface area contributed by atoms with Gasteiger partial charge >= 0.3 is 0 Å². The molecule has 4 atom stereocenters. The Balaban J connectivity index is 1.98. The molecule has 2 fully saturated rings. The molecule has 1 heterocycles. The van der Waals surface area contributed by atoms with Crippen LogP contribution in [0.3, 0.4) is 0 Å². The number of fused-ring (bicyclic) bond motifs is 3. The molecule has 74 valence electrons. The lowest BCUT2D eigenvalue weighted by Gasteiger charge is -2.38. The Hall–Kier alpha value is -0.310. The van der Waals surface area contributed by atoms with E-state index in [9.17, 15) is 0 Å². The molecule has 3 aliphatic carbocycles. The molecule has 0 N–H and O–H groups in total. The zero-order chi connectivity index (χ0) is 9.39. The zero-order valence-electron chi connectivity index (χ0n) is 7.87. The van der Waals surface area contributed by atoms with Crippen molar-refractivity contribution in [2.45, 2.75) is 30.2 Å². The SMILES string of the molecule is Br[C@]12ON=C3CCC[C@@]31[C@@H]1C=C[C@H]2C1. The van der Waals surface area contributed by atoms with Crippen molar-refractivity contribution in [3.8, 4) is 0 Å². The third kappa shape index (κ3) is 0.563. The van der Waals surface area contributed by atoms with E-state index in [1.807, 2.05) is 0 Å². The van der Waals surface area contributed by atoms with Crippen molar-refractivity contribution in [1.29, 1.82) is 0 Å². The van der Waals surface area contributed by atoms with Gasteiger partial charge in [0.05, 0.1) is 11.1 Å². The summed E-state index contributed by atoms with van der Waals surface area (Å²) in [5.41, 5.74) is 1.55. The summed E-state index contributed by atoms with van der Waals surface area (Å²) >= 11 is 3.84. The van der Waals surface area contributed by atoms with Gasteiger partial charge in [0.15, 0.2) is 0 Å². The van der Waals surface area contributed by atoms with Gasteiger partial charge in [0.25, 0.3) is 0 Å². The molecule has 14 heavy (non-hydrogen) atoms. The van der Waals surface area contributed by atoms with Crippen LogP contribution in [0.1, 0.15) is 25.7 Å². The number of hydrogen-bond acceptors (Lipinski definition) is 2. The van der Waals surface area contributed by atoms with Crippen LogP contribution in [0.5, 0.6) is 0 Å². The maximum Gasteiger partial charge on any atom is 0.208 e. The van der Waals surface area contributed by atoms with Crippen LogP contribution in [0, 0.1) is 17.3 Å². The molecule has 1 spiro atoms. The van der Waals surface area contributed by atoms with Crippen molar-refractivity contribution in [3.05, 3.63) is 12.2 Å². The van der Waals surface area contributed by atoms with E-state index in [-0.39, 0.29) is 9.93 Å². The molecule has 0 amide bonds. The lowest BCUT2D eigenvalue weighted by Crippen LogP contribution is -2.46. The second kappa shape index (κ2) is 2.11. The second-order valence-electron chi connectivity index (χ2n) is 4.93. The van der Waals surface area contributed by atoms with E-state index >= 15 is 0 Å². The number of allylic oxidation sites excluding steroid dienone is 1. The van der Waals surface area contributed by atoms with Crippen LogP contribution in [0.4, 0.5) is 0 Å². The number of alkyl halides is 1. The smallest absolute Gasteiger partial charge is 0.208 e. The fourth-order valence-electron chi connectivity index (χ4n) is 3.99. The summed E-state index contributed by atoms with van der Waals surface area (Å²) < 4.78 is -0.175. The summed E-state index contributed by atoms with van der Waals surface area (Å²) in [6, 6.07) is 0. The average molecular weight is 254 g/mol. The van der Waals surface area contributed by atoms with E-state index in [2.05, 4.69) is 33.2 Å². The van der Waals surface area contributed by atoms with Crippen LogP contribution < -0.4 is 0 Å². The predicted molar refractivity (Wildman–Crippen MR) is 57.2 cm³/mol. The predicted octanol–water partition coefficient (Wildman–Crippen LogP) is 2.84. The average Bonchev–Trinajstić information content (AvgIpc) is 2.83. The summed E-state index contributed by atoms with van der Waals surface area (Å²) in [5, 5.41) is 4.32. The maximum atomic E-state index is 5.71. The first kappa shape index (κ1) is 7.91. The van der Waals surface area contributed by atoms with Crippen molar-refractivity contribution in [3.63, 3.8) is 0 Å². The lowest BCUT2D eigenvalue weighted by molar-refractivity contribution is -0.0111. The van der Waals surface area contributed by atoms with Gasteiger partial charge in [-0.15, -0.1) is 0 Å². The van der Waals surface area contributed by atoms with Crippen molar-refractivity contribution >= 4 is 21.6 Å².